The molecule has 2 aromatic rings. The smallest absolute Gasteiger partial charge is 0.264 e. The summed E-state index contributed by atoms with van der Waals surface area (Å²) in [4.78, 5) is 33.8. The van der Waals surface area contributed by atoms with Gasteiger partial charge in [0.2, 0.25) is 5.91 Å². The van der Waals surface area contributed by atoms with Crippen molar-refractivity contribution in [3.05, 3.63) is 40.6 Å². The zero-order chi connectivity index (χ0) is 16.5. The molecule has 0 N–H and O–H groups in total. The van der Waals surface area contributed by atoms with E-state index in [1.54, 1.807) is 6.20 Å². The lowest BCUT2D eigenvalue weighted by atomic mass is 10.1. The zero-order valence-corrected chi connectivity index (χ0v) is 14.2. The highest BCUT2D eigenvalue weighted by molar-refractivity contribution is 7.12. The standard InChI is InChI=1S/C17H20N4O2S/c22-16-4-1-6-20(16)10-13-9-19-7-5-18-15(19)12-21(11-13)17(23)14-3-2-8-24-14/h2-3,5,7-8,13H,1,4,6,9-12H2. The second kappa shape index (κ2) is 6.39. The molecule has 1 fully saturated rings. The summed E-state index contributed by atoms with van der Waals surface area (Å²) in [5.41, 5.74) is 0. The summed E-state index contributed by atoms with van der Waals surface area (Å²) in [6.45, 7) is 3.53. The molecular weight excluding hydrogens is 324 g/mol. The minimum absolute atomic E-state index is 0.0548. The molecule has 1 saturated heterocycles. The minimum atomic E-state index is 0.0548. The van der Waals surface area contributed by atoms with Crippen molar-refractivity contribution in [2.75, 3.05) is 19.6 Å². The number of aromatic nitrogens is 2. The Morgan fingerprint density at radius 2 is 2.29 bits per heavy atom. The molecule has 2 aromatic heterocycles. The lowest BCUT2D eigenvalue weighted by Gasteiger charge is -2.27. The van der Waals surface area contributed by atoms with Gasteiger partial charge >= 0.3 is 0 Å². The van der Waals surface area contributed by atoms with Gasteiger partial charge < -0.3 is 14.4 Å². The Hall–Kier alpha value is -2.15. The highest BCUT2D eigenvalue weighted by Gasteiger charge is 2.30. The molecule has 1 atom stereocenters. The van der Waals surface area contributed by atoms with Crippen LogP contribution in [0.4, 0.5) is 0 Å². The first-order chi connectivity index (χ1) is 11.7. The van der Waals surface area contributed by atoms with E-state index in [0.717, 1.165) is 30.2 Å². The molecule has 4 heterocycles. The van der Waals surface area contributed by atoms with Crippen LogP contribution < -0.4 is 0 Å². The van der Waals surface area contributed by atoms with Gasteiger partial charge in [-0.15, -0.1) is 11.3 Å². The van der Waals surface area contributed by atoms with E-state index >= 15 is 0 Å². The number of nitrogens with zero attached hydrogens (tertiary/aromatic N) is 4. The van der Waals surface area contributed by atoms with Gasteiger partial charge in [0.25, 0.3) is 5.91 Å². The van der Waals surface area contributed by atoms with Crippen molar-refractivity contribution in [2.24, 2.45) is 5.92 Å². The second-order valence-corrected chi connectivity index (χ2v) is 7.42. The van der Waals surface area contributed by atoms with Crippen LogP contribution in [0.5, 0.6) is 0 Å². The van der Waals surface area contributed by atoms with Crippen molar-refractivity contribution in [3.8, 4) is 0 Å². The molecule has 24 heavy (non-hydrogen) atoms. The molecule has 2 aliphatic heterocycles. The highest BCUT2D eigenvalue weighted by atomic mass is 32.1. The van der Waals surface area contributed by atoms with Crippen molar-refractivity contribution in [3.63, 3.8) is 0 Å². The van der Waals surface area contributed by atoms with Gasteiger partial charge in [0.05, 0.1) is 11.4 Å². The van der Waals surface area contributed by atoms with Crippen LogP contribution in [0.15, 0.2) is 29.9 Å². The number of hydrogen-bond acceptors (Lipinski definition) is 4. The van der Waals surface area contributed by atoms with Crippen LogP contribution in [0.3, 0.4) is 0 Å². The molecule has 0 saturated carbocycles. The summed E-state index contributed by atoms with van der Waals surface area (Å²) in [5.74, 6) is 1.43. The summed E-state index contributed by atoms with van der Waals surface area (Å²) < 4.78 is 2.12. The van der Waals surface area contributed by atoms with Crippen molar-refractivity contribution < 1.29 is 9.59 Å². The molecule has 4 rings (SSSR count). The average Bonchev–Trinajstić information content (AvgIpc) is 3.29. The van der Waals surface area contributed by atoms with Crippen LogP contribution >= 0.6 is 11.3 Å². The summed E-state index contributed by atoms with van der Waals surface area (Å²) >= 11 is 1.47. The lowest BCUT2D eigenvalue weighted by molar-refractivity contribution is -0.128. The summed E-state index contributed by atoms with van der Waals surface area (Å²) in [6, 6.07) is 3.76. The van der Waals surface area contributed by atoms with E-state index in [1.165, 1.54) is 11.3 Å². The fourth-order valence-corrected chi connectivity index (χ4v) is 4.27. The van der Waals surface area contributed by atoms with Gasteiger partial charge in [0, 0.05) is 50.9 Å². The van der Waals surface area contributed by atoms with Gasteiger partial charge in [-0.1, -0.05) is 6.07 Å². The number of amides is 2. The third-order valence-electron chi connectivity index (χ3n) is 4.74. The molecule has 0 bridgehead atoms. The molecule has 0 radical (unpaired) electrons. The Morgan fingerprint density at radius 1 is 1.38 bits per heavy atom. The number of carbonyl (C=O) groups is 2. The normalized spacial score (nSPS) is 21.0. The topological polar surface area (TPSA) is 58.4 Å². The Morgan fingerprint density at radius 3 is 3.04 bits per heavy atom. The molecule has 2 amide bonds. The Kier molecular flexibility index (Phi) is 4.10. The summed E-state index contributed by atoms with van der Waals surface area (Å²) in [7, 11) is 0. The summed E-state index contributed by atoms with van der Waals surface area (Å²) in [5, 5.41) is 1.92. The number of imidazole rings is 1. The number of hydrogen-bond donors (Lipinski definition) is 0. The molecule has 0 aromatic carbocycles. The quantitative estimate of drug-likeness (QED) is 0.854. The maximum absolute atomic E-state index is 12.8. The SMILES string of the molecule is O=C1CCCN1CC1CN(C(=O)c2cccs2)Cc2nccn2C1. The predicted octanol–water partition coefficient (Wildman–Crippen LogP) is 1.84. The lowest BCUT2D eigenvalue weighted by Crippen LogP contribution is -2.39. The molecular formula is C17H20N4O2S. The number of thiophene rings is 1. The fraction of sp³-hybridized carbons (Fsp3) is 0.471. The van der Waals surface area contributed by atoms with Crippen LogP contribution in [0.1, 0.15) is 28.3 Å². The van der Waals surface area contributed by atoms with E-state index in [9.17, 15) is 9.59 Å². The van der Waals surface area contributed by atoms with E-state index in [2.05, 4.69) is 9.55 Å². The van der Waals surface area contributed by atoms with Gasteiger partial charge in [-0.05, 0) is 17.9 Å². The van der Waals surface area contributed by atoms with Gasteiger partial charge in [-0.25, -0.2) is 4.98 Å². The van der Waals surface area contributed by atoms with Crippen molar-refractivity contribution in [1.29, 1.82) is 0 Å². The Bertz CT molecular complexity index is 740. The third-order valence-corrected chi connectivity index (χ3v) is 5.59. The van der Waals surface area contributed by atoms with E-state index < -0.39 is 0 Å². The van der Waals surface area contributed by atoms with E-state index in [4.69, 9.17) is 0 Å². The number of rotatable bonds is 3. The van der Waals surface area contributed by atoms with Gasteiger partial charge in [-0.3, -0.25) is 9.59 Å². The third kappa shape index (κ3) is 2.96. The largest absolute Gasteiger partial charge is 0.342 e. The van der Waals surface area contributed by atoms with E-state index in [1.807, 2.05) is 33.5 Å². The zero-order valence-electron chi connectivity index (χ0n) is 13.4. The van der Waals surface area contributed by atoms with Gasteiger partial charge in [0.15, 0.2) is 0 Å². The Balaban J connectivity index is 1.56. The molecule has 7 heteroatoms. The first kappa shape index (κ1) is 15.4. The number of likely N-dealkylation sites (tertiary alicyclic amines) is 1. The second-order valence-electron chi connectivity index (χ2n) is 6.47. The van der Waals surface area contributed by atoms with Crippen molar-refractivity contribution in [2.45, 2.75) is 25.9 Å². The van der Waals surface area contributed by atoms with Crippen LogP contribution in [0.2, 0.25) is 0 Å². The highest BCUT2D eigenvalue weighted by Crippen LogP contribution is 2.22. The molecule has 6 nitrogen and oxygen atoms in total. The van der Waals surface area contributed by atoms with Crippen molar-refractivity contribution >= 4 is 23.2 Å². The molecule has 0 aliphatic carbocycles. The van der Waals surface area contributed by atoms with Gasteiger partial charge in [-0.2, -0.15) is 0 Å². The van der Waals surface area contributed by atoms with Crippen LogP contribution in [-0.2, 0) is 17.9 Å². The molecule has 126 valence electrons. The number of fused-ring (bicyclic) bond motifs is 1. The maximum atomic E-state index is 12.8. The monoisotopic (exact) mass is 344 g/mol. The average molecular weight is 344 g/mol. The Labute approximate surface area is 144 Å². The predicted molar refractivity (Wildman–Crippen MR) is 90.6 cm³/mol. The first-order valence-electron chi connectivity index (χ1n) is 8.31. The van der Waals surface area contributed by atoms with Crippen LogP contribution in [-0.4, -0.2) is 50.8 Å². The van der Waals surface area contributed by atoms with Crippen LogP contribution in [0, 0.1) is 5.92 Å². The van der Waals surface area contributed by atoms with E-state index in [-0.39, 0.29) is 17.7 Å². The molecule has 2 aliphatic rings. The van der Waals surface area contributed by atoms with Crippen LogP contribution in [0.25, 0.3) is 0 Å². The fourth-order valence-electron chi connectivity index (χ4n) is 3.58. The number of carbonyl (C=O) groups excluding carboxylic acids is 2. The minimum Gasteiger partial charge on any atom is -0.342 e. The maximum Gasteiger partial charge on any atom is 0.264 e. The molecule has 0 spiro atoms. The van der Waals surface area contributed by atoms with E-state index in [0.29, 0.717) is 26.1 Å². The first-order valence-corrected chi connectivity index (χ1v) is 9.19. The van der Waals surface area contributed by atoms with Crippen molar-refractivity contribution in [1.82, 2.24) is 19.4 Å². The molecule has 1 unspecified atom stereocenters. The van der Waals surface area contributed by atoms with Gasteiger partial charge in [0.1, 0.15) is 5.82 Å². The summed E-state index contributed by atoms with van der Waals surface area (Å²) in [6.07, 6.45) is 5.35.